The topological polar surface area (TPSA) is 71.9 Å². The maximum atomic E-state index is 12.1. The van der Waals surface area contributed by atoms with Crippen molar-refractivity contribution < 1.29 is 9.53 Å². The number of hydrogen-bond acceptors (Lipinski definition) is 4. The summed E-state index contributed by atoms with van der Waals surface area (Å²) in [5, 5.41) is 9.96. The molecule has 1 saturated carbocycles. The van der Waals surface area contributed by atoms with E-state index in [0.29, 0.717) is 23.1 Å². The SMILES string of the molecule is CCOc1ccc(-c2n[nH]c(=S)n2CC(=O)NCC2CC2)cc1. The van der Waals surface area contributed by atoms with Gasteiger partial charge in [-0.25, -0.2) is 0 Å². The minimum absolute atomic E-state index is 0.0402. The summed E-state index contributed by atoms with van der Waals surface area (Å²) in [4.78, 5) is 12.1. The van der Waals surface area contributed by atoms with Crippen LogP contribution in [-0.2, 0) is 11.3 Å². The Morgan fingerprint density at radius 2 is 2.17 bits per heavy atom. The highest BCUT2D eigenvalue weighted by Crippen LogP contribution is 2.27. The first-order valence-electron chi connectivity index (χ1n) is 7.82. The molecule has 2 N–H and O–H groups in total. The van der Waals surface area contributed by atoms with Gasteiger partial charge in [0, 0.05) is 12.1 Å². The van der Waals surface area contributed by atoms with Crippen molar-refractivity contribution in [2.75, 3.05) is 13.2 Å². The molecule has 0 saturated heterocycles. The molecule has 3 rings (SSSR count). The number of rotatable bonds is 7. The number of H-pyrrole nitrogens is 1. The lowest BCUT2D eigenvalue weighted by atomic mass is 10.2. The minimum Gasteiger partial charge on any atom is -0.494 e. The summed E-state index contributed by atoms with van der Waals surface area (Å²) in [5.41, 5.74) is 0.885. The zero-order valence-electron chi connectivity index (χ0n) is 13.0. The van der Waals surface area contributed by atoms with E-state index in [-0.39, 0.29) is 12.5 Å². The summed E-state index contributed by atoms with van der Waals surface area (Å²) in [6.07, 6.45) is 2.42. The first kappa shape index (κ1) is 15.7. The Morgan fingerprint density at radius 3 is 2.83 bits per heavy atom. The Morgan fingerprint density at radius 1 is 1.43 bits per heavy atom. The first-order valence-corrected chi connectivity index (χ1v) is 8.23. The first-order chi connectivity index (χ1) is 11.2. The molecule has 7 heteroatoms. The van der Waals surface area contributed by atoms with Crippen LogP contribution in [0.2, 0.25) is 0 Å². The number of aromatic amines is 1. The van der Waals surface area contributed by atoms with Gasteiger partial charge in [0.1, 0.15) is 12.3 Å². The van der Waals surface area contributed by atoms with Crippen LogP contribution in [0.1, 0.15) is 19.8 Å². The van der Waals surface area contributed by atoms with Crippen LogP contribution in [0.25, 0.3) is 11.4 Å². The highest BCUT2D eigenvalue weighted by atomic mass is 32.1. The van der Waals surface area contributed by atoms with E-state index in [0.717, 1.165) is 17.9 Å². The van der Waals surface area contributed by atoms with Crippen molar-refractivity contribution in [3.8, 4) is 17.1 Å². The van der Waals surface area contributed by atoms with Gasteiger partial charge in [0.05, 0.1) is 6.61 Å². The van der Waals surface area contributed by atoms with Crippen molar-refractivity contribution in [2.24, 2.45) is 5.92 Å². The van der Waals surface area contributed by atoms with Crippen LogP contribution in [0.3, 0.4) is 0 Å². The van der Waals surface area contributed by atoms with Gasteiger partial charge in [-0.05, 0) is 62.2 Å². The molecule has 2 aromatic rings. The Kier molecular flexibility index (Phi) is 4.76. The standard InChI is InChI=1S/C16H20N4O2S/c1-2-22-13-7-5-12(6-8-13)15-18-19-16(23)20(15)10-14(21)17-9-11-3-4-11/h5-8,11H,2-4,9-10H2,1H3,(H,17,21)(H,19,23). The quantitative estimate of drug-likeness (QED) is 0.764. The number of amides is 1. The number of benzene rings is 1. The van der Waals surface area contributed by atoms with E-state index >= 15 is 0 Å². The Hall–Kier alpha value is -2.15. The third-order valence-electron chi connectivity index (χ3n) is 3.77. The number of ether oxygens (including phenoxy) is 1. The average molecular weight is 332 g/mol. The summed E-state index contributed by atoms with van der Waals surface area (Å²) in [7, 11) is 0. The lowest BCUT2D eigenvalue weighted by molar-refractivity contribution is -0.121. The van der Waals surface area contributed by atoms with Crippen LogP contribution >= 0.6 is 12.2 Å². The monoisotopic (exact) mass is 332 g/mol. The lowest BCUT2D eigenvalue weighted by Crippen LogP contribution is -2.29. The summed E-state index contributed by atoms with van der Waals surface area (Å²) in [5.74, 6) is 2.07. The van der Waals surface area contributed by atoms with Gasteiger partial charge in [-0.15, -0.1) is 0 Å². The van der Waals surface area contributed by atoms with Crippen LogP contribution < -0.4 is 10.1 Å². The predicted octanol–water partition coefficient (Wildman–Crippen LogP) is 2.53. The molecule has 1 aliphatic rings. The fourth-order valence-electron chi connectivity index (χ4n) is 2.33. The molecule has 0 aliphatic heterocycles. The number of nitrogens with zero attached hydrogens (tertiary/aromatic N) is 2. The van der Waals surface area contributed by atoms with Gasteiger partial charge in [-0.1, -0.05) is 0 Å². The molecule has 1 aromatic heterocycles. The van der Waals surface area contributed by atoms with E-state index in [1.165, 1.54) is 12.8 Å². The number of aromatic nitrogens is 3. The number of hydrogen-bond donors (Lipinski definition) is 2. The van der Waals surface area contributed by atoms with Crippen LogP contribution in [0.15, 0.2) is 24.3 Å². The molecule has 0 bridgehead atoms. The van der Waals surface area contributed by atoms with Crippen LogP contribution in [0, 0.1) is 10.7 Å². The third kappa shape index (κ3) is 3.98. The molecule has 23 heavy (non-hydrogen) atoms. The Bertz CT molecular complexity index is 731. The van der Waals surface area contributed by atoms with Crippen molar-refractivity contribution in [2.45, 2.75) is 26.3 Å². The fourth-order valence-corrected chi connectivity index (χ4v) is 2.53. The van der Waals surface area contributed by atoms with Gasteiger partial charge in [-0.3, -0.25) is 14.5 Å². The van der Waals surface area contributed by atoms with Gasteiger partial charge in [0.2, 0.25) is 5.91 Å². The minimum atomic E-state index is -0.0402. The summed E-state index contributed by atoms with van der Waals surface area (Å²) in [6.45, 7) is 3.49. The van der Waals surface area contributed by atoms with Crippen LogP contribution in [0.5, 0.6) is 5.75 Å². The van der Waals surface area contributed by atoms with Crippen molar-refractivity contribution >= 4 is 18.1 Å². The highest BCUT2D eigenvalue weighted by molar-refractivity contribution is 7.71. The normalized spacial score (nSPS) is 13.8. The van der Waals surface area contributed by atoms with Gasteiger partial charge in [0.15, 0.2) is 10.6 Å². The summed E-state index contributed by atoms with van der Waals surface area (Å²) >= 11 is 5.25. The van der Waals surface area contributed by atoms with Gasteiger partial charge in [-0.2, -0.15) is 5.10 Å². The van der Waals surface area contributed by atoms with E-state index in [1.54, 1.807) is 4.57 Å². The largest absolute Gasteiger partial charge is 0.494 e. The van der Waals surface area contributed by atoms with Crippen molar-refractivity contribution in [1.82, 2.24) is 20.1 Å². The van der Waals surface area contributed by atoms with E-state index in [4.69, 9.17) is 17.0 Å². The number of carbonyl (C=O) groups is 1. The molecule has 0 atom stereocenters. The molecule has 122 valence electrons. The molecule has 0 radical (unpaired) electrons. The van der Waals surface area contributed by atoms with Crippen molar-refractivity contribution in [3.63, 3.8) is 0 Å². The second kappa shape index (κ2) is 6.95. The summed E-state index contributed by atoms with van der Waals surface area (Å²) < 4.78 is 7.59. The molecule has 0 unspecified atom stereocenters. The lowest BCUT2D eigenvalue weighted by Gasteiger charge is -2.08. The molecular weight excluding hydrogens is 312 g/mol. The zero-order chi connectivity index (χ0) is 16.2. The Balaban J connectivity index is 1.74. The Labute approximate surface area is 139 Å². The van der Waals surface area contributed by atoms with Gasteiger partial charge >= 0.3 is 0 Å². The van der Waals surface area contributed by atoms with E-state index in [2.05, 4.69) is 15.5 Å². The van der Waals surface area contributed by atoms with E-state index < -0.39 is 0 Å². The van der Waals surface area contributed by atoms with Gasteiger partial charge in [0.25, 0.3) is 0 Å². The molecule has 1 aromatic carbocycles. The summed E-state index contributed by atoms with van der Waals surface area (Å²) in [6, 6.07) is 7.59. The second-order valence-electron chi connectivity index (χ2n) is 5.64. The van der Waals surface area contributed by atoms with Crippen molar-refractivity contribution in [1.29, 1.82) is 0 Å². The zero-order valence-corrected chi connectivity index (χ0v) is 13.9. The number of nitrogens with one attached hydrogen (secondary N) is 2. The number of carbonyl (C=O) groups excluding carboxylic acids is 1. The maximum Gasteiger partial charge on any atom is 0.240 e. The molecule has 0 spiro atoms. The second-order valence-corrected chi connectivity index (χ2v) is 6.03. The molecule has 6 nitrogen and oxygen atoms in total. The molecular formula is C16H20N4O2S. The van der Waals surface area contributed by atoms with Crippen molar-refractivity contribution in [3.05, 3.63) is 29.0 Å². The van der Waals surface area contributed by atoms with Crippen LogP contribution in [-0.4, -0.2) is 33.8 Å². The van der Waals surface area contributed by atoms with E-state index in [9.17, 15) is 4.79 Å². The van der Waals surface area contributed by atoms with Crippen LogP contribution in [0.4, 0.5) is 0 Å². The molecule has 1 aliphatic carbocycles. The maximum absolute atomic E-state index is 12.1. The predicted molar refractivity (Wildman–Crippen MR) is 89.8 cm³/mol. The average Bonchev–Trinajstić information content (AvgIpc) is 3.32. The fraction of sp³-hybridized carbons (Fsp3) is 0.438. The van der Waals surface area contributed by atoms with Gasteiger partial charge < -0.3 is 10.1 Å². The molecule has 1 amide bonds. The molecule has 1 fully saturated rings. The third-order valence-corrected chi connectivity index (χ3v) is 4.08. The van der Waals surface area contributed by atoms with E-state index in [1.807, 2.05) is 31.2 Å². The highest BCUT2D eigenvalue weighted by Gasteiger charge is 2.22. The molecule has 1 heterocycles. The smallest absolute Gasteiger partial charge is 0.240 e.